The Hall–Kier alpha value is -2.94. The van der Waals surface area contributed by atoms with Gasteiger partial charge in [-0.25, -0.2) is 9.18 Å². The number of esters is 1. The molecule has 0 saturated heterocycles. The van der Waals surface area contributed by atoms with Gasteiger partial charge in [-0.3, -0.25) is 9.59 Å². The fourth-order valence-corrected chi connectivity index (χ4v) is 2.45. The highest BCUT2D eigenvalue weighted by molar-refractivity contribution is 6.33. The van der Waals surface area contributed by atoms with E-state index < -0.39 is 24.3 Å². The molecule has 8 nitrogen and oxygen atoms in total. The second-order valence-electron chi connectivity index (χ2n) is 5.56. The molecule has 1 aromatic carbocycles. The first-order valence-electron chi connectivity index (χ1n) is 7.78. The van der Waals surface area contributed by atoms with Crippen molar-refractivity contribution in [2.75, 3.05) is 27.2 Å². The standard InChI is InChI=1S/C17H17ClFN3O5/c1-9-14(16(21-27-9)15-10(18)5-4-6-11(15)19)17(25)26-8-13(24)22(3)7-12(23)20-2/h4-6H,7-8H2,1-3H3,(H,20,23). The highest BCUT2D eigenvalue weighted by Crippen LogP contribution is 2.33. The molecule has 10 heteroatoms. The molecular formula is C17H17ClFN3O5. The molecule has 0 unspecified atom stereocenters. The zero-order chi connectivity index (χ0) is 20.1. The van der Waals surface area contributed by atoms with Gasteiger partial charge in [-0.15, -0.1) is 0 Å². The number of carbonyl (C=O) groups excluding carboxylic acids is 3. The SMILES string of the molecule is CNC(=O)CN(C)C(=O)COC(=O)c1c(-c2c(F)cccc2Cl)noc1C. The number of aromatic nitrogens is 1. The van der Waals surface area contributed by atoms with Crippen LogP contribution in [0.25, 0.3) is 11.3 Å². The first-order valence-corrected chi connectivity index (χ1v) is 8.16. The van der Waals surface area contributed by atoms with Gasteiger partial charge in [-0.1, -0.05) is 22.8 Å². The number of benzene rings is 1. The van der Waals surface area contributed by atoms with Crippen molar-refractivity contribution in [1.82, 2.24) is 15.4 Å². The number of ether oxygens (including phenoxy) is 1. The molecule has 0 aliphatic carbocycles. The van der Waals surface area contributed by atoms with Crippen LogP contribution in [0, 0.1) is 12.7 Å². The van der Waals surface area contributed by atoms with Gasteiger partial charge in [0.1, 0.15) is 22.8 Å². The zero-order valence-corrected chi connectivity index (χ0v) is 15.6. The lowest BCUT2D eigenvalue weighted by molar-refractivity contribution is -0.137. The fourth-order valence-electron chi connectivity index (χ4n) is 2.20. The van der Waals surface area contributed by atoms with Crippen molar-refractivity contribution in [3.63, 3.8) is 0 Å². The van der Waals surface area contributed by atoms with E-state index in [2.05, 4.69) is 10.5 Å². The Morgan fingerprint density at radius 2 is 2.07 bits per heavy atom. The Balaban J connectivity index is 2.18. The van der Waals surface area contributed by atoms with E-state index in [0.717, 1.165) is 11.0 Å². The number of carbonyl (C=O) groups is 3. The topological polar surface area (TPSA) is 102 Å². The van der Waals surface area contributed by atoms with Gasteiger partial charge in [0.15, 0.2) is 6.61 Å². The molecule has 2 amide bonds. The van der Waals surface area contributed by atoms with Crippen molar-refractivity contribution in [2.45, 2.75) is 6.92 Å². The van der Waals surface area contributed by atoms with E-state index in [1.165, 1.54) is 33.2 Å². The van der Waals surface area contributed by atoms with Crippen LogP contribution in [-0.2, 0) is 14.3 Å². The molecule has 1 N–H and O–H groups in total. The number of amides is 2. The third kappa shape index (κ3) is 4.62. The lowest BCUT2D eigenvalue weighted by Gasteiger charge is -2.15. The summed E-state index contributed by atoms with van der Waals surface area (Å²) in [7, 11) is 2.82. The summed E-state index contributed by atoms with van der Waals surface area (Å²) in [6.07, 6.45) is 0. The van der Waals surface area contributed by atoms with Crippen molar-refractivity contribution in [1.29, 1.82) is 0 Å². The molecule has 1 aromatic heterocycles. The highest BCUT2D eigenvalue weighted by Gasteiger charge is 2.27. The minimum Gasteiger partial charge on any atom is -0.452 e. The maximum Gasteiger partial charge on any atom is 0.344 e. The summed E-state index contributed by atoms with van der Waals surface area (Å²) in [4.78, 5) is 36.8. The van der Waals surface area contributed by atoms with E-state index in [-0.39, 0.29) is 40.1 Å². The van der Waals surface area contributed by atoms with Crippen molar-refractivity contribution >= 4 is 29.4 Å². The van der Waals surface area contributed by atoms with Gasteiger partial charge in [0.2, 0.25) is 5.91 Å². The van der Waals surface area contributed by atoms with Crippen LogP contribution in [0.2, 0.25) is 5.02 Å². The van der Waals surface area contributed by atoms with Gasteiger partial charge in [0, 0.05) is 14.1 Å². The second kappa shape index (κ2) is 8.63. The number of aryl methyl sites for hydroxylation is 1. The minimum absolute atomic E-state index is 0.0405. The van der Waals surface area contributed by atoms with Crippen molar-refractivity contribution in [3.05, 3.63) is 40.4 Å². The number of likely N-dealkylation sites (N-methyl/N-ethyl adjacent to an activating group) is 2. The molecule has 0 spiro atoms. The molecule has 0 bridgehead atoms. The van der Waals surface area contributed by atoms with Crippen molar-refractivity contribution < 1.29 is 28.0 Å². The Morgan fingerprint density at radius 1 is 1.37 bits per heavy atom. The minimum atomic E-state index is -0.926. The van der Waals surface area contributed by atoms with Crippen molar-refractivity contribution in [3.8, 4) is 11.3 Å². The van der Waals surface area contributed by atoms with Crippen LogP contribution >= 0.6 is 11.6 Å². The first-order chi connectivity index (χ1) is 12.8. The number of nitrogens with one attached hydrogen (secondary N) is 1. The molecule has 27 heavy (non-hydrogen) atoms. The molecule has 0 atom stereocenters. The van der Waals surface area contributed by atoms with Crippen LogP contribution < -0.4 is 5.32 Å². The van der Waals surface area contributed by atoms with Crippen LogP contribution in [-0.4, -0.2) is 55.1 Å². The summed E-state index contributed by atoms with van der Waals surface area (Å²) in [6, 6.07) is 4.01. The Kier molecular flexibility index (Phi) is 6.51. The zero-order valence-electron chi connectivity index (χ0n) is 14.8. The van der Waals surface area contributed by atoms with E-state index in [1.54, 1.807) is 0 Å². The predicted octanol–water partition coefficient (Wildman–Crippen LogP) is 1.80. The highest BCUT2D eigenvalue weighted by atomic mass is 35.5. The molecule has 0 aliphatic rings. The monoisotopic (exact) mass is 397 g/mol. The lowest BCUT2D eigenvalue weighted by atomic mass is 10.1. The van der Waals surface area contributed by atoms with E-state index in [1.807, 2.05) is 0 Å². The summed E-state index contributed by atoms with van der Waals surface area (Å²) in [5.74, 6) is -2.49. The van der Waals surface area contributed by atoms with Crippen molar-refractivity contribution in [2.24, 2.45) is 0 Å². The largest absolute Gasteiger partial charge is 0.452 e. The average molecular weight is 398 g/mol. The molecule has 1 heterocycles. The quantitative estimate of drug-likeness (QED) is 0.746. The van der Waals surface area contributed by atoms with E-state index in [0.29, 0.717) is 0 Å². The number of hydrogen-bond donors (Lipinski definition) is 1. The van der Waals surface area contributed by atoms with E-state index in [9.17, 15) is 18.8 Å². The maximum absolute atomic E-state index is 14.1. The van der Waals surface area contributed by atoms with Crippen LogP contribution in [0.1, 0.15) is 16.1 Å². The van der Waals surface area contributed by atoms with Gasteiger partial charge < -0.3 is 19.5 Å². The predicted molar refractivity (Wildman–Crippen MR) is 93.6 cm³/mol. The average Bonchev–Trinajstić information content (AvgIpc) is 3.00. The van der Waals surface area contributed by atoms with Gasteiger partial charge in [0.05, 0.1) is 17.1 Å². The van der Waals surface area contributed by atoms with Crippen LogP contribution in [0.3, 0.4) is 0 Å². The summed E-state index contributed by atoms with van der Waals surface area (Å²) in [5.41, 5.74) is -0.360. The number of hydrogen-bond acceptors (Lipinski definition) is 6. The Morgan fingerprint density at radius 3 is 2.70 bits per heavy atom. The molecule has 2 aromatic rings. The molecule has 0 fully saturated rings. The summed E-state index contributed by atoms with van der Waals surface area (Å²) >= 11 is 6.01. The van der Waals surface area contributed by atoms with Gasteiger partial charge >= 0.3 is 5.97 Å². The molecule has 2 rings (SSSR count). The van der Waals surface area contributed by atoms with Gasteiger partial charge in [-0.05, 0) is 19.1 Å². The molecule has 144 valence electrons. The molecule has 0 aliphatic heterocycles. The molecular weight excluding hydrogens is 381 g/mol. The lowest BCUT2D eigenvalue weighted by Crippen LogP contribution is -2.39. The van der Waals surface area contributed by atoms with E-state index in [4.69, 9.17) is 20.9 Å². The fraction of sp³-hybridized carbons (Fsp3) is 0.294. The number of nitrogens with zero attached hydrogens (tertiary/aromatic N) is 2. The first kappa shape index (κ1) is 20.4. The van der Waals surface area contributed by atoms with Crippen LogP contribution in [0.15, 0.2) is 22.7 Å². The Labute approximate surface area is 159 Å². The van der Waals surface area contributed by atoms with Gasteiger partial charge in [0.25, 0.3) is 5.91 Å². The smallest absolute Gasteiger partial charge is 0.344 e. The summed E-state index contributed by atoms with van der Waals surface area (Å²) in [6.45, 7) is 0.651. The molecule has 0 radical (unpaired) electrons. The third-order valence-electron chi connectivity index (χ3n) is 3.68. The third-order valence-corrected chi connectivity index (χ3v) is 3.99. The number of halogens is 2. The van der Waals surface area contributed by atoms with Crippen LogP contribution in [0.4, 0.5) is 4.39 Å². The summed E-state index contributed by atoms with van der Waals surface area (Å²) in [5, 5.41) is 6.11. The second-order valence-corrected chi connectivity index (χ2v) is 5.97. The molecule has 0 saturated carbocycles. The van der Waals surface area contributed by atoms with Gasteiger partial charge in [-0.2, -0.15) is 0 Å². The van der Waals surface area contributed by atoms with Crippen LogP contribution in [0.5, 0.6) is 0 Å². The Bertz CT molecular complexity index is 863. The summed E-state index contributed by atoms with van der Waals surface area (Å²) < 4.78 is 24.1. The van der Waals surface area contributed by atoms with E-state index >= 15 is 0 Å². The maximum atomic E-state index is 14.1. The number of rotatable bonds is 6. The normalized spacial score (nSPS) is 10.4.